The van der Waals surface area contributed by atoms with Crippen molar-refractivity contribution in [2.75, 3.05) is 13.3 Å². The van der Waals surface area contributed by atoms with Gasteiger partial charge in [0, 0.05) is 29.5 Å². The molecule has 0 radical (unpaired) electrons. The molecule has 10 heteroatoms. The third-order valence-corrected chi connectivity index (χ3v) is 4.81. The number of benzene rings is 1. The monoisotopic (exact) mass is 438 g/mol. The Kier molecular flexibility index (Phi) is 4.49. The van der Waals surface area contributed by atoms with Crippen LogP contribution in [0.1, 0.15) is 11.1 Å². The maximum absolute atomic E-state index is 13.0. The maximum Gasteiger partial charge on any atom is 0.306 e. The lowest BCUT2D eigenvalue weighted by Gasteiger charge is -2.26. The first kappa shape index (κ1) is 18.3. The SMILES string of the molecule is CN1C(=O)C(c2ccc(OS(C)(=O)=O)cc2)(c2cncc(Br)c2)N=C1N. The summed E-state index contributed by atoms with van der Waals surface area (Å²) >= 11 is 3.35. The summed E-state index contributed by atoms with van der Waals surface area (Å²) in [6, 6.07) is 7.81. The van der Waals surface area contributed by atoms with E-state index >= 15 is 0 Å². The molecule has 0 spiro atoms. The number of aromatic nitrogens is 1. The van der Waals surface area contributed by atoms with Crippen LogP contribution in [-0.2, 0) is 20.5 Å². The van der Waals surface area contributed by atoms with Crippen LogP contribution in [0.2, 0.25) is 0 Å². The average Bonchev–Trinajstić information content (AvgIpc) is 2.79. The molecule has 2 N–H and O–H groups in total. The molecule has 1 unspecified atom stereocenters. The van der Waals surface area contributed by atoms with Gasteiger partial charge in [-0.3, -0.25) is 14.7 Å². The molecular formula is C16H15BrN4O4S. The highest BCUT2D eigenvalue weighted by Gasteiger charge is 2.49. The molecule has 0 fully saturated rings. The largest absolute Gasteiger partial charge is 0.383 e. The van der Waals surface area contributed by atoms with Gasteiger partial charge < -0.3 is 9.92 Å². The van der Waals surface area contributed by atoms with Crippen molar-refractivity contribution >= 4 is 37.9 Å². The van der Waals surface area contributed by atoms with Crippen molar-refractivity contribution < 1.29 is 17.4 Å². The van der Waals surface area contributed by atoms with Crippen LogP contribution in [0.15, 0.2) is 52.2 Å². The zero-order valence-electron chi connectivity index (χ0n) is 13.9. The molecule has 3 rings (SSSR count). The molecule has 0 saturated carbocycles. The number of carbonyl (C=O) groups is 1. The summed E-state index contributed by atoms with van der Waals surface area (Å²) < 4.78 is 28.1. The van der Waals surface area contributed by atoms with Gasteiger partial charge in [0.1, 0.15) is 5.75 Å². The number of nitrogens with zero attached hydrogens (tertiary/aromatic N) is 3. The predicted octanol–water partition coefficient (Wildman–Crippen LogP) is 1.21. The van der Waals surface area contributed by atoms with Gasteiger partial charge in [-0.05, 0) is 39.7 Å². The Hall–Kier alpha value is -2.46. The molecule has 2 heterocycles. The van der Waals surface area contributed by atoms with E-state index in [4.69, 9.17) is 9.92 Å². The van der Waals surface area contributed by atoms with Crippen molar-refractivity contribution in [2.24, 2.45) is 10.7 Å². The van der Waals surface area contributed by atoms with Gasteiger partial charge in [0.15, 0.2) is 11.5 Å². The van der Waals surface area contributed by atoms with E-state index in [0.717, 1.165) is 6.26 Å². The molecule has 26 heavy (non-hydrogen) atoms. The fraction of sp³-hybridized carbons (Fsp3) is 0.188. The molecule has 1 aromatic heterocycles. The highest BCUT2D eigenvalue weighted by Crippen LogP contribution is 2.40. The van der Waals surface area contributed by atoms with Gasteiger partial charge in [-0.25, -0.2) is 4.99 Å². The van der Waals surface area contributed by atoms with Crippen LogP contribution in [0, 0.1) is 0 Å². The summed E-state index contributed by atoms with van der Waals surface area (Å²) in [6.07, 6.45) is 4.09. The van der Waals surface area contributed by atoms with Crippen molar-refractivity contribution in [3.8, 4) is 5.75 Å². The number of guanidine groups is 1. The first-order chi connectivity index (χ1) is 12.1. The normalized spacial score (nSPS) is 20.2. The second-order valence-corrected chi connectivity index (χ2v) is 8.24. The van der Waals surface area contributed by atoms with Crippen LogP contribution in [0.4, 0.5) is 0 Å². The topological polar surface area (TPSA) is 115 Å². The zero-order chi connectivity index (χ0) is 19.1. The number of nitrogens with two attached hydrogens (primary N) is 1. The quantitative estimate of drug-likeness (QED) is 0.717. The van der Waals surface area contributed by atoms with E-state index < -0.39 is 15.7 Å². The minimum Gasteiger partial charge on any atom is -0.383 e. The third kappa shape index (κ3) is 3.17. The smallest absolute Gasteiger partial charge is 0.306 e. The highest BCUT2D eigenvalue weighted by molar-refractivity contribution is 9.10. The Balaban J connectivity index is 2.16. The molecule has 1 atom stereocenters. The molecule has 1 amide bonds. The summed E-state index contributed by atoms with van der Waals surface area (Å²) in [7, 11) is -2.11. The molecule has 1 aromatic carbocycles. The highest BCUT2D eigenvalue weighted by atomic mass is 79.9. The number of halogens is 1. The van der Waals surface area contributed by atoms with E-state index in [-0.39, 0.29) is 17.6 Å². The lowest BCUT2D eigenvalue weighted by molar-refractivity contribution is -0.129. The summed E-state index contributed by atoms with van der Waals surface area (Å²) in [4.78, 5) is 22.8. The molecule has 8 nitrogen and oxygen atoms in total. The van der Waals surface area contributed by atoms with Crippen LogP contribution >= 0.6 is 15.9 Å². The van der Waals surface area contributed by atoms with Crippen molar-refractivity contribution in [2.45, 2.75) is 5.54 Å². The number of rotatable bonds is 4. The van der Waals surface area contributed by atoms with Crippen molar-refractivity contribution in [3.63, 3.8) is 0 Å². The molecule has 0 bridgehead atoms. The zero-order valence-corrected chi connectivity index (χ0v) is 16.3. The Morgan fingerprint density at radius 1 is 1.19 bits per heavy atom. The van der Waals surface area contributed by atoms with Gasteiger partial charge >= 0.3 is 10.1 Å². The number of carbonyl (C=O) groups excluding carboxylic acids is 1. The number of likely N-dealkylation sites (N-methyl/N-ethyl adjacent to an activating group) is 1. The van der Waals surface area contributed by atoms with Gasteiger partial charge in [-0.2, -0.15) is 8.42 Å². The van der Waals surface area contributed by atoms with E-state index in [2.05, 4.69) is 25.9 Å². The van der Waals surface area contributed by atoms with Crippen LogP contribution in [0.3, 0.4) is 0 Å². The first-order valence-electron chi connectivity index (χ1n) is 7.38. The van der Waals surface area contributed by atoms with Gasteiger partial charge in [0.25, 0.3) is 5.91 Å². The Bertz CT molecular complexity index is 1010. The van der Waals surface area contributed by atoms with Crippen LogP contribution in [0.5, 0.6) is 5.75 Å². The average molecular weight is 439 g/mol. The second-order valence-electron chi connectivity index (χ2n) is 5.75. The predicted molar refractivity (Wildman–Crippen MR) is 99.0 cm³/mol. The minimum atomic E-state index is -3.65. The molecular weight excluding hydrogens is 424 g/mol. The van der Waals surface area contributed by atoms with Crippen molar-refractivity contribution in [1.82, 2.24) is 9.88 Å². The fourth-order valence-electron chi connectivity index (χ4n) is 2.72. The molecule has 136 valence electrons. The first-order valence-corrected chi connectivity index (χ1v) is 9.99. The lowest BCUT2D eigenvalue weighted by Crippen LogP contribution is -2.41. The van der Waals surface area contributed by atoms with E-state index in [1.165, 1.54) is 24.1 Å². The van der Waals surface area contributed by atoms with Gasteiger partial charge in [0.05, 0.1) is 6.26 Å². The van der Waals surface area contributed by atoms with Crippen molar-refractivity contribution in [3.05, 3.63) is 58.3 Å². The Morgan fingerprint density at radius 2 is 1.85 bits per heavy atom. The molecule has 1 aliphatic rings. The van der Waals surface area contributed by atoms with Crippen LogP contribution in [0.25, 0.3) is 0 Å². The van der Waals surface area contributed by atoms with Gasteiger partial charge in [-0.1, -0.05) is 12.1 Å². The minimum absolute atomic E-state index is 0.0754. The van der Waals surface area contributed by atoms with E-state index in [1.54, 1.807) is 30.6 Å². The Labute approximate surface area is 158 Å². The van der Waals surface area contributed by atoms with Gasteiger partial charge in [-0.15, -0.1) is 0 Å². The summed E-state index contributed by atoms with van der Waals surface area (Å²) in [5.41, 5.74) is 5.52. The Morgan fingerprint density at radius 3 is 2.35 bits per heavy atom. The van der Waals surface area contributed by atoms with Crippen LogP contribution in [-0.4, -0.2) is 43.5 Å². The van der Waals surface area contributed by atoms with E-state index in [0.29, 0.717) is 15.6 Å². The summed E-state index contributed by atoms with van der Waals surface area (Å²) in [5.74, 6) is -0.132. The number of hydrogen-bond acceptors (Lipinski definition) is 7. The maximum atomic E-state index is 13.0. The van der Waals surface area contributed by atoms with E-state index in [1.807, 2.05) is 0 Å². The number of hydrogen-bond donors (Lipinski definition) is 1. The summed E-state index contributed by atoms with van der Waals surface area (Å²) in [5, 5.41) is 0. The molecule has 0 saturated heterocycles. The van der Waals surface area contributed by atoms with E-state index in [9.17, 15) is 13.2 Å². The fourth-order valence-corrected chi connectivity index (χ4v) is 3.55. The van der Waals surface area contributed by atoms with Crippen molar-refractivity contribution in [1.29, 1.82) is 0 Å². The molecule has 2 aromatic rings. The number of aliphatic imine (C=N–C) groups is 1. The number of amides is 1. The second kappa shape index (κ2) is 6.36. The summed E-state index contributed by atoms with van der Waals surface area (Å²) in [6.45, 7) is 0. The molecule has 0 aliphatic carbocycles. The van der Waals surface area contributed by atoms with Crippen LogP contribution < -0.4 is 9.92 Å². The number of pyridine rings is 1. The molecule has 1 aliphatic heterocycles. The third-order valence-electron chi connectivity index (χ3n) is 3.88. The van der Waals surface area contributed by atoms with Gasteiger partial charge in [0.2, 0.25) is 0 Å². The standard InChI is InChI=1S/C16H15BrN4O4S/c1-21-14(22)16(20-15(21)18,11-7-12(17)9-19-8-11)10-3-5-13(6-4-10)25-26(2,23)24/h3-9H,1-2H3,(H2,18,20). The lowest BCUT2D eigenvalue weighted by atomic mass is 9.83.